The van der Waals surface area contributed by atoms with Gasteiger partial charge in [0.25, 0.3) is 5.56 Å². The van der Waals surface area contributed by atoms with Crippen molar-refractivity contribution in [2.24, 2.45) is 7.05 Å². The first kappa shape index (κ1) is 26.6. The molecule has 1 unspecified atom stereocenters. The number of anilines is 3. The van der Waals surface area contributed by atoms with Crippen LogP contribution < -0.4 is 26.6 Å². The number of nitrogens with one attached hydrogen (secondary N) is 1. The van der Waals surface area contributed by atoms with E-state index in [0.29, 0.717) is 30.4 Å². The van der Waals surface area contributed by atoms with Crippen molar-refractivity contribution < 1.29 is 4.55 Å². The summed E-state index contributed by atoms with van der Waals surface area (Å²) in [5.41, 5.74) is 14.0. The van der Waals surface area contributed by atoms with Gasteiger partial charge in [0.2, 0.25) is 5.95 Å². The van der Waals surface area contributed by atoms with Crippen molar-refractivity contribution in [2.45, 2.75) is 54.3 Å². The Morgan fingerprint density at radius 2 is 1.94 bits per heavy atom. The minimum atomic E-state index is -1.23. The number of nitrogens with zero attached hydrogens (tertiary/aromatic N) is 4. The molecule has 0 saturated heterocycles. The van der Waals surface area contributed by atoms with Gasteiger partial charge in [0.05, 0.1) is 11.1 Å². The van der Waals surface area contributed by atoms with E-state index in [4.69, 9.17) is 23.1 Å². The van der Waals surface area contributed by atoms with Crippen molar-refractivity contribution in [1.29, 1.82) is 0 Å². The molecule has 2 atom stereocenters. The summed E-state index contributed by atoms with van der Waals surface area (Å²) in [4.78, 5) is 24.8. The van der Waals surface area contributed by atoms with Crippen LogP contribution in [0, 0.1) is 0 Å². The highest BCUT2D eigenvalue weighted by molar-refractivity contribution is 7.99. The topological polar surface area (TPSA) is 138 Å². The van der Waals surface area contributed by atoms with Crippen molar-refractivity contribution in [2.75, 3.05) is 22.9 Å². The number of rotatable bonds is 5. The number of halogens is 1. The molecule has 3 aromatic rings. The Morgan fingerprint density at radius 1 is 1.22 bits per heavy atom. The van der Waals surface area contributed by atoms with Crippen LogP contribution in [0.5, 0.6) is 0 Å². The minimum absolute atomic E-state index is 0.102. The molecule has 0 fully saturated rings. The summed E-state index contributed by atoms with van der Waals surface area (Å²) < 4.78 is 17.3. The average Bonchev–Trinajstić information content (AvgIpc) is 3.00. The smallest absolute Gasteiger partial charge is 0.270 e. The Morgan fingerprint density at radius 3 is 2.67 bits per heavy atom. The highest BCUT2D eigenvalue weighted by Gasteiger charge is 2.33. The normalized spacial score (nSPS) is 16.9. The number of pyridine rings is 1. The van der Waals surface area contributed by atoms with Crippen LogP contribution in [0.1, 0.15) is 44.4 Å². The lowest BCUT2D eigenvalue weighted by atomic mass is 10.0. The molecule has 5 N–H and O–H groups in total. The van der Waals surface area contributed by atoms with Gasteiger partial charge in [-0.25, -0.2) is 4.98 Å². The van der Waals surface area contributed by atoms with Gasteiger partial charge >= 0.3 is 0 Å². The maximum absolute atomic E-state index is 13.4. The summed E-state index contributed by atoms with van der Waals surface area (Å²) in [5, 5.41) is 0.267. The maximum Gasteiger partial charge on any atom is 0.270 e. The summed E-state index contributed by atoms with van der Waals surface area (Å²) in [7, 11) is 1.68. The fraction of sp³-hybridized carbons (Fsp3) is 0.375. The predicted octanol–water partition coefficient (Wildman–Crippen LogP) is 3.65. The number of hydrogen-bond acceptors (Lipinski definition) is 9. The first-order chi connectivity index (χ1) is 17.0. The third-order valence-corrected chi connectivity index (χ3v) is 9.18. The maximum atomic E-state index is 13.4. The van der Waals surface area contributed by atoms with Crippen LogP contribution >= 0.6 is 23.4 Å². The second-order valence-electron chi connectivity index (χ2n) is 9.56. The molecule has 9 nitrogen and oxygen atoms in total. The average molecular weight is 548 g/mol. The molecule has 3 heterocycles. The van der Waals surface area contributed by atoms with Crippen LogP contribution in [0.25, 0.3) is 0 Å². The van der Waals surface area contributed by atoms with E-state index in [2.05, 4.69) is 20.8 Å². The van der Waals surface area contributed by atoms with Gasteiger partial charge in [-0.05, 0) is 44.4 Å². The second-order valence-corrected chi connectivity index (χ2v) is 13.0. The standard InChI is InChI=1S/C24H30ClN7O2S2/c1-24(2,3)36(34)30-16-10-12-32(13-14-7-5-6-8-15(14)16)23-29-21(27)19(22(33)31(23)4)35-17-9-11-28-20(26)18(17)25/h5-9,11,16,30H,10,12-13,27H2,1-4H3,(H2,26,28)/t16-,36?/m0/s1. The molecule has 0 bridgehead atoms. The van der Waals surface area contributed by atoms with Gasteiger partial charge in [-0.3, -0.25) is 9.36 Å². The number of fused-ring (bicyclic) bond motifs is 1. The van der Waals surface area contributed by atoms with Crippen molar-refractivity contribution in [3.8, 4) is 0 Å². The number of benzene rings is 1. The Hall–Kier alpha value is -2.44. The second kappa shape index (κ2) is 10.5. The largest absolute Gasteiger partial charge is 0.598 e. The summed E-state index contributed by atoms with van der Waals surface area (Å²) in [6.07, 6.45) is 2.20. The van der Waals surface area contributed by atoms with E-state index < -0.39 is 16.1 Å². The molecule has 0 radical (unpaired) electrons. The third kappa shape index (κ3) is 5.45. The SMILES string of the molecule is Cn1c(N2CC[C@H](N[S+]([O-])C(C)(C)C)c3ccccc3C2)nc(N)c(Sc2ccnc(N)c2Cl)c1=O. The van der Waals surface area contributed by atoms with E-state index in [-0.39, 0.29) is 33.2 Å². The molecule has 2 aromatic heterocycles. The molecular formula is C24H30ClN7O2S2. The van der Waals surface area contributed by atoms with Crippen molar-refractivity contribution in [1.82, 2.24) is 19.3 Å². The van der Waals surface area contributed by atoms with E-state index in [1.807, 2.05) is 43.9 Å². The van der Waals surface area contributed by atoms with E-state index in [1.165, 1.54) is 10.8 Å². The minimum Gasteiger partial charge on any atom is -0.598 e. The quantitative estimate of drug-likeness (QED) is 0.408. The van der Waals surface area contributed by atoms with Gasteiger partial charge in [-0.1, -0.05) is 47.6 Å². The monoisotopic (exact) mass is 547 g/mol. The van der Waals surface area contributed by atoms with Crippen LogP contribution in [-0.4, -0.2) is 30.4 Å². The third-order valence-electron chi connectivity index (χ3n) is 5.91. The van der Waals surface area contributed by atoms with Gasteiger partial charge < -0.3 is 20.9 Å². The first-order valence-electron chi connectivity index (χ1n) is 11.4. The fourth-order valence-corrected chi connectivity index (χ4v) is 5.94. The summed E-state index contributed by atoms with van der Waals surface area (Å²) in [6.45, 7) is 6.96. The molecule has 1 aliphatic heterocycles. The zero-order chi connectivity index (χ0) is 26.2. The Kier molecular flexibility index (Phi) is 7.77. The van der Waals surface area contributed by atoms with Crippen molar-refractivity contribution in [3.05, 3.63) is 63.0 Å². The van der Waals surface area contributed by atoms with Gasteiger partial charge in [0, 0.05) is 42.6 Å². The molecule has 1 aromatic carbocycles. The summed E-state index contributed by atoms with van der Waals surface area (Å²) in [6, 6.07) is 9.64. The van der Waals surface area contributed by atoms with Crippen molar-refractivity contribution in [3.63, 3.8) is 0 Å². The van der Waals surface area contributed by atoms with Crippen LogP contribution in [-0.2, 0) is 25.0 Å². The van der Waals surface area contributed by atoms with Gasteiger partial charge in [-0.15, -0.1) is 4.72 Å². The Bertz CT molecular complexity index is 1330. The number of nitrogen functional groups attached to an aromatic ring is 2. The Balaban J connectivity index is 1.66. The molecule has 192 valence electrons. The van der Waals surface area contributed by atoms with E-state index >= 15 is 0 Å². The summed E-state index contributed by atoms with van der Waals surface area (Å²) >= 11 is 6.16. The van der Waals surface area contributed by atoms with E-state index in [0.717, 1.165) is 22.9 Å². The predicted molar refractivity (Wildman–Crippen MR) is 148 cm³/mol. The van der Waals surface area contributed by atoms with Crippen LogP contribution in [0.4, 0.5) is 17.6 Å². The number of nitrogens with two attached hydrogens (primary N) is 2. The van der Waals surface area contributed by atoms with Crippen molar-refractivity contribution >= 4 is 52.3 Å². The first-order valence-corrected chi connectivity index (χ1v) is 13.8. The molecule has 36 heavy (non-hydrogen) atoms. The molecular weight excluding hydrogens is 518 g/mol. The lowest BCUT2D eigenvalue weighted by molar-refractivity contribution is 0.513. The van der Waals surface area contributed by atoms with Crippen LogP contribution in [0.15, 0.2) is 51.1 Å². The highest BCUT2D eigenvalue weighted by atomic mass is 35.5. The van der Waals surface area contributed by atoms with Gasteiger partial charge in [0.15, 0.2) is 0 Å². The highest BCUT2D eigenvalue weighted by Crippen LogP contribution is 2.37. The Labute approximate surface area is 223 Å². The molecule has 0 saturated carbocycles. The molecule has 4 rings (SSSR count). The molecule has 0 aliphatic carbocycles. The van der Waals surface area contributed by atoms with E-state index in [1.54, 1.807) is 13.1 Å². The fourth-order valence-electron chi connectivity index (χ4n) is 3.94. The number of hydrogen-bond donors (Lipinski definition) is 3. The summed E-state index contributed by atoms with van der Waals surface area (Å²) in [5.74, 6) is 0.764. The zero-order valence-electron chi connectivity index (χ0n) is 20.6. The lowest BCUT2D eigenvalue weighted by Gasteiger charge is -2.28. The van der Waals surface area contributed by atoms with E-state index in [9.17, 15) is 9.35 Å². The molecule has 12 heteroatoms. The van der Waals surface area contributed by atoms with Crippen LogP contribution in [0.3, 0.4) is 0 Å². The van der Waals surface area contributed by atoms with Gasteiger partial charge in [0.1, 0.15) is 21.3 Å². The molecule has 0 spiro atoms. The molecule has 0 amide bonds. The number of aromatic nitrogens is 3. The zero-order valence-corrected chi connectivity index (χ0v) is 23.0. The molecule has 1 aliphatic rings. The van der Waals surface area contributed by atoms with Gasteiger partial charge in [-0.2, -0.15) is 4.98 Å². The lowest BCUT2D eigenvalue weighted by Crippen LogP contribution is -2.41. The van der Waals surface area contributed by atoms with Crippen LogP contribution in [0.2, 0.25) is 5.02 Å².